The van der Waals surface area contributed by atoms with E-state index < -0.39 is 0 Å². The van der Waals surface area contributed by atoms with Crippen molar-refractivity contribution in [1.82, 2.24) is 4.90 Å². The molecule has 1 aliphatic heterocycles. The number of anilines is 2. The minimum atomic E-state index is 0.0916. The largest absolute Gasteiger partial charge is 0.378 e. The first-order chi connectivity index (χ1) is 15.5. The average Bonchev–Trinajstić information content (AvgIpc) is 2.81. The summed E-state index contributed by atoms with van der Waals surface area (Å²) in [4.78, 5) is 20.2. The van der Waals surface area contributed by atoms with Crippen LogP contribution in [-0.2, 0) is 6.54 Å². The lowest BCUT2D eigenvalue weighted by atomic mass is 9.99. The number of piperidine rings is 1. The van der Waals surface area contributed by atoms with Crippen LogP contribution in [0.15, 0.2) is 78.9 Å². The molecule has 0 saturated carbocycles. The van der Waals surface area contributed by atoms with Crippen molar-refractivity contribution in [3.8, 4) is 0 Å². The minimum absolute atomic E-state index is 0.0916. The molecule has 3 aromatic rings. The van der Waals surface area contributed by atoms with Crippen LogP contribution in [0.3, 0.4) is 0 Å². The fourth-order valence-electron chi connectivity index (χ4n) is 4.48. The number of amides is 1. The summed E-state index contributed by atoms with van der Waals surface area (Å²) in [5.41, 5.74) is 5.48. The van der Waals surface area contributed by atoms with Crippen molar-refractivity contribution in [2.45, 2.75) is 32.4 Å². The van der Waals surface area contributed by atoms with Gasteiger partial charge in [0.2, 0.25) is 0 Å². The summed E-state index contributed by atoms with van der Waals surface area (Å²) in [7, 11) is 4.13. The topological polar surface area (TPSA) is 26.8 Å². The lowest BCUT2D eigenvalue weighted by Crippen LogP contribution is -2.47. The van der Waals surface area contributed by atoms with Crippen LogP contribution in [0.2, 0.25) is 0 Å². The van der Waals surface area contributed by atoms with E-state index in [0.29, 0.717) is 0 Å². The standard InChI is InChI=1S/C28H33N3O/c1-22-8-7-11-27(20-22)31(28(32)24-9-5-4-6-10-24)26-16-18-30(19-17-26)21-23-12-14-25(15-13-23)29(2)3/h4-15,20,26H,16-19,21H2,1-3H3. The smallest absolute Gasteiger partial charge is 0.258 e. The van der Waals surface area contributed by atoms with E-state index in [4.69, 9.17) is 0 Å². The zero-order valence-electron chi connectivity index (χ0n) is 19.4. The summed E-state index contributed by atoms with van der Waals surface area (Å²) < 4.78 is 0. The van der Waals surface area contributed by atoms with E-state index in [-0.39, 0.29) is 11.9 Å². The minimum Gasteiger partial charge on any atom is -0.378 e. The van der Waals surface area contributed by atoms with E-state index in [1.807, 2.05) is 41.3 Å². The predicted octanol–water partition coefficient (Wildman–Crippen LogP) is 5.37. The van der Waals surface area contributed by atoms with Gasteiger partial charge >= 0.3 is 0 Å². The third-order valence-electron chi connectivity index (χ3n) is 6.30. The lowest BCUT2D eigenvalue weighted by molar-refractivity contribution is 0.0958. The molecule has 1 fully saturated rings. The Morgan fingerprint density at radius 3 is 2.19 bits per heavy atom. The van der Waals surface area contributed by atoms with Gasteiger partial charge in [0.15, 0.2) is 0 Å². The molecule has 4 rings (SSSR count). The van der Waals surface area contributed by atoms with Crippen LogP contribution in [-0.4, -0.2) is 44.0 Å². The highest BCUT2D eigenvalue weighted by molar-refractivity contribution is 6.06. The second-order valence-electron chi connectivity index (χ2n) is 8.95. The molecule has 32 heavy (non-hydrogen) atoms. The van der Waals surface area contributed by atoms with Crippen LogP contribution < -0.4 is 9.80 Å². The maximum atomic E-state index is 13.5. The normalized spacial score (nSPS) is 14.8. The van der Waals surface area contributed by atoms with Gasteiger partial charge in [-0.2, -0.15) is 0 Å². The Bertz CT molecular complexity index is 1020. The fourth-order valence-corrected chi connectivity index (χ4v) is 4.48. The third-order valence-corrected chi connectivity index (χ3v) is 6.30. The van der Waals surface area contributed by atoms with Crippen molar-refractivity contribution in [1.29, 1.82) is 0 Å². The Kier molecular flexibility index (Phi) is 6.91. The predicted molar refractivity (Wildman–Crippen MR) is 133 cm³/mol. The zero-order chi connectivity index (χ0) is 22.5. The zero-order valence-corrected chi connectivity index (χ0v) is 19.4. The number of carbonyl (C=O) groups is 1. The molecule has 0 aromatic heterocycles. The van der Waals surface area contributed by atoms with Gasteiger partial charge in [-0.05, 0) is 67.3 Å². The summed E-state index contributed by atoms with van der Waals surface area (Å²) in [6.07, 6.45) is 1.95. The van der Waals surface area contributed by atoms with Gasteiger partial charge in [-0.1, -0.05) is 42.5 Å². The molecule has 0 bridgehead atoms. The van der Waals surface area contributed by atoms with Crippen molar-refractivity contribution in [2.75, 3.05) is 37.0 Å². The number of nitrogens with zero attached hydrogens (tertiary/aromatic N) is 3. The maximum absolute atomic E-state index is 13.5. The first-order valence-corrected chi connectivity index (χ1v) is 11.4. The van der Waals surface area contributed by atoms with Crippen molar-refractivity contribution in [2.24, 2.45) is 0 Å². The molecule has 0 aliphatic carbocycles. The molecule has 0 spiro atoms. The van der Waals surface area contributed by atoms with Crippen LogP contribution >= 0.6 is 0 Å². The molecule has 1 aliphatic rings. The highest BCUT2D eigenvalue weighted by atomic mass is 16.2. The number of hydrogen-bond donors (Lipinski definition) is 0. The Morgan fingerprint density at radius 1 is 0.875 bits per heavy atom. The van der Waals surface area contributed by atoms with E-state index in [1.54, 1.807) is 0 Å². The molecule has 166 valence electrons. The molecule has 4 nitrogen and oxygen atoms in total. The maximum Gasteiger partial charge on any atom is 0.258 e. The first-order valence-electron chi connectivity index (χ1n) is 11.4. The molecule has 3 aromatic carbocycles. The van der Waals surface area contributed by atoms with Crippen molar-refractivity contribution in [3.63, 3.8) is 0 Å². The summed E-state index contributed by atoms with van der Waals surface area (Å²) in [6, 6.07) is 27.0. The lowest BCUT2D eigenvalue weighted by Gasteiger charge is -2.39. The number of benzene rings is 3. The molecule has 0 radical (unpaired) electrons. The van der Waals surface area contributed by atoms with Crippen LogP contribution in [0.1, 0.15) is 34.3 Å². The summed E-state index contributed by atoms with van der Waals surface area (Å²) in [6.45, 7) is 5.02. The monoisotopic (exact) mass is 427 g/mol. The molecular formula is C28H33N3O. The molecule has 1 heterocycles. The first kappa shape index (κ1) is 22.1. The highest BCUT2D eigenvalue weighted by Crippen LogP contribution is 2.27. The number of likely N-dealkylation sites (tertiary alicyclic amines) is 1. The third kappa shape index (κ3) is 5.20. The van der Waals surface area contributed by atoms with E-state index in [0.717, 1.165) is 43.7 Å². The number of rotatable bonds is 6. The van der Waals surface area contributed by atoms with Crippen LogP contribution in [0.4, 0.5) is 11.4 Å². The quantitative estimate of drug-likeness (QED) is 0.529. The van der Waals surface area contributed by atoms with Gasteiger partial charge in [0, 0.05) is 56.7 Å². The van der Waals surface area contributed by atoms with Crippen LogP contribution in [0, 0.1) is 6.92 Å². The molecule has 1 amide bonds. The van der Waals surface area contributed by atoms with Crippen molar-refractivity contribution in [3.05, 3.63) is 95.6 Å². The van der Waals surface area contributed by atoms with E-state index in [1.165, 1.54) is 16.8 Å². The van der Waals surface area contributed by atoms with Crippen molar-refractivity contribution >= 4 is 17.3 Å². The van der Waals surface area contributed by atoms with Gasteiger partial charge in [-0.15, -0.1) is 0 Å². The molecule has 0 unspecified atom stereocenters. The highest BCUT2D eigenvalue weighted by Gasteiger charge is 2.30. The summed E-state index contributed by atoms with van der Waals surface area (Å²) in [5, 5.41) is 0. The second-order valence-corrected chi connectivity index (χ2v) is 8.95. The molecule has 0 atom stereocenters. The molecule has 1 saturated heterocycles. The summed E-state index contributed by atoms with van der Waals surface area (Å²) >= 11 is 0. The van der Waals surface area contributed by atoms with Gasteiger partial charge < -0.3 is 9.80 Å². The Morgan fingerprint density at radius 2 is 1.56 bits per heavy atom. The van der Waals surface area contributed by atoms with Gasteiger partial charge in [-0.25, -0.2) is 0 Å². The van der Waals surface area contributed by atoms with Gasteiger partial charge in [0.1, 0.15) is 0 Å². The van der Waals surface area contributed by atoms with Crippen LogP contribution in [0.25, 0.3) is 0 Å². The SMILES string of the molecule is Cc1cccc(N(C(=O)c2ccccc2)C2CCN(Cc3ccc(N(C)C)cc3)CC2)c1. The summed E-state index contributed by atoms with van der Waals surface area (Å²) in [5.74, 6) is 0.0916. The molecule has 4 heteroatoms. The fraction of sp³-hybridized carbons (Fsp3) is 0.321. The Hall–Kier alpha value is -3.11. The van der Waals surface area contributed by atoms with Crippen LogP contribution in [0.5, 0.6) is 0 Å². The van der Waals surface area contributed by atoms with Gasteiger partial charge in [0.05, 0.1) is 0 Å². The van der Waals surface area contributed by atoms with E-state index >= 15 is 0 Å². The number of carbonyl (C=O) groups excluding carboxylic acids is 1. The van der Waals surface area contributed by atoms with Crippen molar-refractivity contribution < 1.29 is 4.79 Å². The second kappa shape index (κ2) is 10.0. The van der Waals surface area contributed by atoms with Gasteiger partial charge in [-0.3, -0.25) is 9.69 Å². The average molecular weight is 428 g/mol. The number of aryl methyl sites for hydroxylation is 1. The Balaban J connectivity index is 1.47. The number of hydrogen-bond acceptors (Lipinski definition) is 3. The van der Waals surface area contributed by atoms with Gasteiger partial charge in [0.25, 0.3) is 5.91 Å². The molecule has 0 N–H and O–H groups in total. The molecular weight excluding hydrogens is 394 g/mol. The van der Waals surface area contributed by atoms with E-state index in [2.05, 4.69) is 73.3 Å². The Labute approximate surface area is 192 Å². The van der Waals surface area contributed by atoms with E-state index in [9.17, 15) is 4.79 Å².